The number of aromatic amines is 1. The zero-order chi connectivity index (χ0) is 20.9. The summed E-state index contributed by atoms with van der Waals surface area (Å²) in [5.41, 5.74) is 1.50. The molecule has 1 aliphatic heterocycles. The number of hydrogen-bond acceptors (Lipinski definition) is 6. The van der Waals surface area contributed by atoms with Gasteiger partial charge in [-0.25, -0.2) is 14.8 Å². The summed E-state index contributed by atoms with van der Waals surface area (Å²) in [5, 5.41) is 3.53. The van der Waals surface area contributed by atoms with Gasteiger partial charge in [0.2, 0.25) is 5.88 Å². The number of amides is 2. The Morgan fingerprint density at radius 1 is 1.20 bits per heavy atom. The summed E-state index contributed by atoms with van der Waals surface area (Å²) >= 11 is 0. The van der Waals surface area contributed by atoms with Crippen LogP contribution < -0.4 is 15.6 Å². The number of H-pyrrole nitrogens is 1. The number of fused-ring (bicyclic) bond motifs is 1. The minimum absolute atomic E-state index is 0.0948. The fourth-order valence-corrected chi connectivity index (χ4v) is 3.49. The van der Waals surface area contributed by atoms with Crippen molar-refractivity contribution in [2.75, 3.05) is 33.3 Å². The van der Waals surface area contributed by atoms with Crippen molar-refractivity contribution in [2.45, 2.75) is 13.1 Å². The highest BCUT2D eigenvalue weighted by atomic mass is 16.5. The molecule has 3 heterocycles. The predicted molar refractivity (Wildman–Crippen MR) is 112 cm³/mol. The van der Waals surface area contributed by atoms with E-state index in [9.17, 15) is 9.59 Å². The molecule has 9 nitrogen and oxygen atoms in total. The number of nitrogens with one attached hydrogen (secondary N) is 2. The standard InChI is InChI=1S/C21H24N6O3/c1-30-19-12-15(6-7-22-19)13-23-21(29)27-10-8-26(9-11-27)14-18-24-17-5-3-2-4-16(17)20(28)25-18/h2-7,12H,8-11,13-14H2,1H3,(H,23,29)(H,24,25,28). The van der Waals surface area contributed by atoms with Gasteiger partial charge in [-0.05, 0) is 23.8 Å². The molecule has 0 spiro atoms. The van der Waals surface area contributed by atoms with Crippen LogP contribution in [0.5, 0.6) is 5.88 Å². The minimum Gasteiger partial charge on any atom is -0.481 e. The van der Waals surface area contributed by atoms with Crippen LogP contribution in [0.2, 0.25) is 0 Å². The molecule has 156 valence electrons. The van der Waals surface area contributed by atoms with Crippen molar-refractivity contribution < 1.29 is 9.53 Å². The fraction of sp³-hybridized carbons (Fsp3) is 0.333. The summed E-state index contributed by atoms with van der Waals surface area (Å²) in [6, 6.07) is 10.9. The second-order valence-corrected chi connectivity index (χ2v) is 7.16. The van der Waals surface area contributed by atoms with Gasteiger partial charge in [0.05, 0.1) is 24.6 Å². The van der Waals surface area contributed by atoms with E-state index in [0.29, 0.717) is 61.9 Å². The maximum absolute atomic E-state index is 12.5. The van der Waals surface area contributed by atoms with Crippen LogP contribution in [0.15, 0.2) is 47.4 Å². The van der Waals surface area contributed by atoms with Gasteiger partial charge in [0.25, 0.3) is 5.56 Å². The molecular weight excluding hydrogens is 384 g/mol. The summed E-state index contributed by atoms with van der Waals surface area (Å²) in [6.07, 6.45) is 1.66. The number of ether oxygens (including phenoxy) is 1. The smallest absolute Gasteiger partial charge is 0.317 e. The van der Waals surface area contributed by atoms with Gasteiger partial charge in [0.15, 0.2) is 0 Å². The summed E-state index contributed by atoms with van der Waals surface area (Å²) < 4.78 is 5.10. The molecular formula is C21H24N6O3. The molecule has 2 aromatic heterocycles. The lowest BCUT2D eigenvalue weighted by atomic mass is 10.2. The van der Waals surface area contributed by atoms with Crippen molar-refractivity contribution in [3.8, 4) is 5.88 Å². The minimum atomic E-state index is -0.124. The second-order valence-electron chi connectivity index (χ2n) is 7.16. The molecule has 0 atom stereocenters. The zero-order valence-corrected chi connectivity index (χ0v) is 16.8. The van der Waals surface area contributed by atoms with Crippen molar-refractivity contribution >= 4 is 16.9 Å². The van der Waals surface area contributed by atoms with Crippen molar-refractivity contribution in [1.82, 2.24) is 30.1 Å². The largest absolute Gasteiger partial charge is 0.481 e. The lowest BCUT2D eigenvalue weighted by molar-refractivity contribution is 0.133. The first-order chi connectivity index (χ1) is 14.6. The van der Waals surface area contributed by atoms with E-state index in [2.05, 4.69) is 25.2 Å². The zero-order valence-electron chi connectivity index (χ0n) is 16.8. The first-order valence-electron chi connectivity index (χ1n) is 9.84. The number of urea groups is 1. The van der Waals surface area contributed by atoms with Crippen LogP contribution in [0, 0.1) is 0 Å². The summed E-state index contributed by atoms with van der Waals surface area (Å²) in [7, 11) is 1.56. The SMILES string of the molecule is COc1cc(CNC(=O)N2CCN(Cc3nc4ccccc4c(=O)[nH]3)CC2)ccn1. The Labute approximate surface area is 173 Å². The third-order valence-electron chi connectivity index (χ3n) is 5.15. The molecule has 0 bridgehead atoms. The van der Waals surface area contributed by atoms with E-state index >= 15 is 0 Å². The number of nitrogens with zero attached hydrogens (tertiary/aromatic N) is 4. The molecule has 3 aromatic rings. The number of carbonyl (C=O) groups excluding carboxylic acids is 1. The van der Waals surface area contributed by atoms with Crippen molar-refractivity contribution in [3.05, 3.63) is 64.3 Å². The topological polar surface area (TPSA) is 103 Å². The highest BCUT2D eigenvalue weighted by Crippen LogP contribution is 2.11. The van der Waals surface area contributed by atoms with Gasteiger partial charge >= 0.3 is 6.03 Å². The van der Waals surface area contributed by atoms with Gasteiger partial charge in [-0.1, -0.05) is 12.1 Å². The lowest BCUT2D eigenvalue weighted by Gasteiger charge is -2.34. The van der Waals surface area contributed by atoms with Gasteiger partial charge in [0, 0.05) is 45.0 Å². The average molecular weight is 408 g/mol. The molecule has 1 aliphatic rings. The monoisotopic (exact) mass is 408 g/mol. The van der Waals surface area contributed by atoms with E-state index in [1.54, 1.807) is 30.3 Å². The first-order valence-corrected chi connectivity index (χ1v) is 9.84. The molecule has 0 saturated carbocycles. The summed E-state index contributed by atoms with van der Waals surface area (Å²) in [5.74, 6) is 1.17. The van der Waals surface area contributed by atoms with E-state index in [0.717, 1.165) is 5.56 Å². The number of piperazine rings is 1. The highest BCUT2D eigenvalue weighted by molar-refractivity contribution is 5.77. The van der Waals surface area contributed by atoms with Gasteiger partial charge in [-0.3, -0.25) is 9.69 Å². The van der Waals surface area contributed by atoms with Gasteiger partial charge in [0.1, 0.15) is 5.82 Å². The number of carbonyl (C=O) groups is 1. The molecule has 0 radical (unpaired) electrons. The number of hydrogen-bond donors (Lipinski definition) is 2. The number of rotatable bonds is 5. The number of pyridine rings is 1. The number of methoxy groups -OCH3 is 1. The highest BCUT2D eigenvalue weighted by Gasteiger charge is 2.21. The Morgan fingerprint density at radius 2 is 2.00 bits per heavy atom. The van der Waals surface area contributed by atoms with Crippen molar-refractivity contribution in [2.24, 2.45) is 0 Å². The number of benzene rings is 1. The molecule has 9 heteroatoms. The van der Waals surface area contributed by atoms with E-state index in [1.165, 1.54) is 0 Å². The first kappa shape index (κ1) is 19.8. The summed E-state index contributed by atoms with van der Waals surface area (Å²) in [6.45, 7) is 3.62. The molecule has 1 fully saturated rings. The molecule has 0 unspecified atom stereocenters. The Morgan fingerprint density at radius 3 is 2.80 bits per heavy atom. The van der Waals surface area contributed by atoms with Gasteiger partial charge < -0.3 is 19.9 Å². The van der Waals surface area contributed by atoms with Gasteiger partial charge in [-0.15, -0.1) is 0 Å². The summed E-state index contributed by atoms with van der Waals surface area (Å²) in [4.78, 5) is 40.2. The van der Waals surface area contributed by atoms with Crippen LogP contribution in [0.1, 0.15) is 11.4 Å². The third-order valence-corrected chi connectivity index (χ3v) is 5.15. The lowest BCUT2D eigenvalue weighted by Crippen LogP contribution is -2.51. The van der Waals surface area contributed by atoms with Crippen LogP contribution in [-0.2, 0) is 13.1 Å². The number of aromatic nitrogens is 3. The average Bonchev–Trinajstić information content (AvgIpc) is 2.78. The van der Waals surface area contributed by atoms with E-state index in [-0.39, 0.29) is 11.6 Å². The Balaban J connectivity index is 1.29. The fourth-order valence-electron chi connectivity index (χ4n) is 3.49. The second kappa shape index (κ2) is 8.91. The molecule has 1 aromatic carbocycles. The third kappa shape index (κ3) is 4.57. The van der Waals surface area contributed by atoms with Crippen molar-refractivity contribution in [1.29, 1.82) is 0 Å². The molecule has 2 amide bonds. The quantitative estimate of drug-likeness (QED) is 0.661. The molecule has 4 rings (SSSR count). The van der Waals surface area contributed by atoms with Crippen LogP contribution in [0.3, 0.4) is 0 Å². The predicted octanol–water partition coefficient (Wildman–Crippen LogP) is 1.35. The van der Waals surface area contributed by atoms with Crippen LogP contribution in [0.4, 0.5) is 4.79 Å². The Hall–Kier alpha value is -3.46. The Bertz CT molecular complexity index is 1090. The molecule has 30 heavy (non-hydrogen) atoms. The maximum atomic E-state index is 12.5. The maximum Gasteiger partial charge on any atom is 0.317 e. The van der Waals surface area contributed by atoms with Crippen LogP contribution >= 0.6 is 0 Å². The van der Waals surface area contributed by atoms with E-state index in [4.69, 9.17) is 4.74 Å². The van der Waals surface area contributed by atoms with Crippen LogP contribution in [-0.4, -0.2) is 64.1 Å². The van der Waals surface area contributed by atoms with E-state index < -0.39 is 0 Å². The van der Waals surface area contributed by atoms with Crippen molar-refractivity contribution in [3.63, 3.8) is 0 Å². The van der Waals surface area contributed by atoms with E-state index in [1.807, 2.05) is 24.3 Å². The van der Waals surface area contributed by atoms with Gasteiger partial charge in [-0.2, -0.15) is 0 Å². The molecule has 1 saturated heterocycles. The number of para-hydroxylation sites is 1. The Kier molecular flexibility index (Phi) is 5.89. The normalized spacial score (nSPS) is 14.6. The van der Waals surface area contributed by atoms with Crippen LogP contribution in [0.25, 0.3) is 10.9 Å². The molecule has 0 aliphatic carbocycles. The molecule has 2 N–H and O–H groups in total.